The Labute approximate surface area is 89.3 Å². The average molecular weight is 200 g/mol. The van der Waals surface area contributed by atoms with Crippen molar-refractivity contribution in [3.8, 4) is 12.3 Å². The van der Waals surface area contributed by atoms with E-state index >= 15 is 0 Å². The maximum atomic E-state index is 11.2. The van der Waals surface area contributed by atoms with Gasteiger partial charge in [0, 0.05) is 5.56 Å². The summed E-state index contributed by atoms with van der Waals surface area (Å²) in [6.07, 6.45) is 6.16. The largest absolute Gasteiger partial charge is 0.469 e. The number of hydrogen-bond acceptors (Lipinski definition) is 2. The van der Waals surface area contributed by atoms with Crippen LogP contribution in [0, 0.1) is 18.3 Å². The van der Waals surface area contributed by atoms with Crippen LogP contribution >= 0.6 is 0 Å². The lowest BCUT2D eigenvalue weighted by Crippen LogP contribution is -2.03. The van der Waals surface area contributed by atoms with Crippen LogP contribution in [-0.4, -0.2) is 13.1 Å². The summed E-state index contributed by atoms with van der Waals surface area (Å²) in [6, 6.07) is 7.79. The van der Waals surface area contributed by atoms with Gasteiger partial charge in [0.05, 0.1) is 13.0 Å². The molecule has 1 aliphatic carbocycles. The highest BCUT2D eigenvalue weighted by Gasteiger charge is 2.44. The van der Waals surface area contributed by atoms with Crippen molar-refractivity contribution in [3.05, 3.63) is 35.4 Å². The number of benzene rings is 1. The Kier molecular flexibility index (Phi) is 2.47. The van der Waals surface area contributed by atoms with Gasteiger partial charge >= 0.3 is 5.97 Å². The molecule has 2 nitrogen and oxygen atoms in total. The fraction of sp³-hybridized carbons (Fsp3) is 0.308. The van der Waals surface area contributed by atoms with E-state index < -0.39 is 0 Å². The second-order valence-corrected chi connectivity index (χ2v) is 3.74. The Hall–Kier alpha value is -1.75. The van der Waals surface area contributed by atoms with Crippen molar-refractivity contribution in [2.45, 2.75) is 12.3 Å². The van der Waals surface area contributed by atoms with E-state index in [1.54, 1.807) is 0 Å². The normalized spacial score (nSPS) is 22.9. The van der Waals surface area contributed by atoms with E-state index in [9.17, 15) is 4.79 Å². The number of rotatable bonds is 2. The monoisotopic (exact) mass is 200 g/mol. The summed E-state index contributed by atoms with van der Waals surface area (Å²) in [4.78, 5) is 11.2. The summed E-state index contributed by atoms with van der Waals surface area (Å²) in [5.41, 5.74) is 2.04. The number of terminal acetylenes is 1. The molecule has 0 aromatic heterocycles. The SMILES string of the molecule is C#Cc1ccc([C@@H]2C[C@@H]2C(=O)OC)cc1. The van der Waals surface area contributed by atoms with Crippen LogP contribution < -0.4 is 0 Å². The number of esters is 1. The first-order valence-electron chi connectivity index (χ1n) is 4.90. The van der Waals surface area contributed by atoms with Crippen molar-refractivity contribution in [2.24, 2.45) is 5.92 Å². The minimum absolute atomic E-state index is 0.0479. The fourth-order valence-electron chi connectivity index (χ4n) is 1.80. The number of methoxy groups -OCH3 is 1. The maximum Gasteiger partial charge on any atom is 0.309 e. The molecule has 0 amide bonds. The molecule has 1 aromatic carbocycles. The van der Waals surface area contributed by atoms with Gasteiger partial charge in [0.25, 0.3) is 0 Å². The van der Waals surface area contributed by atoms with Crippen LogP contribution in [0.4, 0.5) is 0 Å². The lowest BCUT2D eigenvalue weighted by molar-refractivity contribution is -0.142. The van der Waals surface area contributed by atoms with Crippen LogP contribution in [0.1, 0.15) is 23.5 Å². The molecule has 1 aromatic rings. The van der Waals surface area contributed by atoms with E-state index in [-0.39, 0.29) is 11.9 Å². The molecule has 1 saturated carbocycles. The predicted octanol–water partition coefficient (Wildman–Crippen LogP) is 1.94. The molecule has 0 radical (unpaired) electrons. The third-order valence-electron chi connectivity index (χ3n) is 2.80. The van der Waals surface area contributed by atoms with Gasteiger partial charge in [-0.15, -0.1) is 6.42 Å². The number of carbonyl (C=O) groups excluding carboxylic acids is 1. The molecule has 15 heavy (non-hydrogen) atoms. The van der Waals surface area contributed by atoms with Crippen molar-refractivity contribution >= 4 is 5.97 Å². The lowest BCUT2D eigenvalue weighted by Gasteiger charge is -1.99. The van der Waals surface area contributed by atoms with Gasteiger partial charge in [-0.1, -0.05) is 18.1 Å². The van der Waals surface area contributed by atoms with Crippen molar-refractivity contribution in [2.75, 3.05) is 7.11 Å². The maximum absolute atomic E-state index is 11.2. The fourth-order valence-corrected chi connectivity index (χ4v) is 1.80. The van der Waals surface area contributed by atoms with Crippen LogP contribution in [0.2, 0.25) is 0 Å². The summed E-state index contributed by atoms with van der Waals surface area (Å²) in [5.74, 6) is 2.83. The molecule has 0 aliphatic heterocycles. The molecule has 76 valence electrons. The zero-order valence-corrected chi connectivity index (χ0v) is 8.57. The van der Waals surface area contributed by atoms with Gasteiger partial charge in [-0.2, -0.15) is 0 Å². The molecule has 0 unspecified atom stereocenters. The quantitative estimate of drug-likeness (QED) is 0.538. The van der Waals surface area contributed by atoms with Gasteiger partial charge in [0.2, 0.25) is 0 Å². The van der Waals surface area contributed by atoms with Gasteiger partial charge in [0.1, 0.15) is 0 Å². The number of hydrogen-bond donors (Lipinski definition) is 0. The second-order valence-electron chi connectivity index (χ2n) is 3.74. The molecule has 0 heterocycles. The minimum atomic E-state index is -0.110. The molecule has 1 fully saturated rings. The van der Waals surface area contributed by atoms with E-state index in [0.29, 0.717) is 5.92 Å². The first-order chi connectivity index (χ1) is 7.26. The van der Waals surface area contributed by atoms with Crippen LogP contribution in [-0.2, 0) is 9.53 Å². The molecular weight excluding hydrogens is 188 g/mol. The van der Waals surface area contributed by atoms with Crippen molar-refractivity contribution in [3.63, 3.8) is 0 Å². The summed E-state index contributed by atoms with van der Waals surface area (Å²) in [6.45, 7) is 0. The molecule has 0 bridgehead atoms. The van der Waals surface area contributed by atoms with Gasteiger partial charge in [-0.3, -0.25) is 4.79 Å². The highest BCUT2D eigenvalue weighted by Crippen LogP contribution is 2.47. The standard InChI is InChI=1S/C13H12O2/c1-3-9-4-6-10(7-5-9)11-8-12(11)13(14)15-2/h1,4-7,11-12H,8H2,2H3/t11-,12-/m0/s1. The zero-order chi connectivity index (χ0) is 10.8. The van der Waals surface area contributed by atoms with Gasteiger partial charge in [-0.05, 0) is 30.0 Å². The van der Waals surface area contributed by atoms with E-state index in [4.69, 9.17) is 11.2 Å². The van der Waals surface area contributed by atoms with E-state index in [2.05, 4.69) is 5.92 Å². The Bertz CT molecular complexity index is 411. The molecule has 2 atom stereocenters. The smallest absolute Gasteiger partial charge is 0.309 e. The second kappa shape index (κ2) is 3.78. The Morgan fingerprint density at radius 2 is 2.13 bits per heavy atom. The molecule has 1 aliphatic rings. The molecule has 2 heteroatoms. The molecular formula is C13H12O2. The van der Waals surface area contributed by atoms with Crippen LogP contribution in [0.3, 0.4) is 0 Å². The molecule has 0 saturated heterocycles. The Balaban J connectivity index is 2.08. The first-order valence-corrected chi connectivity index (χ1v) is 4.90. The summed E-state index contributed by atoms with van der Waals surface area (Å²) in [7, 11) is 1.43. The highest BCUT2D eigenvalue weighted by molar-refractivity contribution is 5.77. The van der Waals surface area contributed by atoms with Gasteiger partial charge in [-0.25, -0.2) is 0 Å². The zero-order valence-electron chi connectivity index (χ0n) is 8.57. The predicted molar refractivity (Wildman–Crippen MR) is 57.2 cm³/mol. The van der Waals surface area contributed by atoms with Gasteiger partial charge < -0.3 is 4.74 Å². The summed E-state index contributed by atoms with van der Waals surface area (Å²) < 4.78 is 4.70. The molecule has 0 spiro atoms. The lowest BCUT2D eigenvalue weighted by atomic mass is 10.1. The topological polar surface area (TPSA) is 26.3 Å². The van der Waals surface area contributed by atoms with Crippen molar-refractivity contribution < 1.29 is 9.53 Å². The van der Waals surface area contributed by atoms with E-state index in [1.165, 1.54) is 12.7 Å². The summed E-state index contributed by atoms with van der Waals surface area (Å²) >= 11 is 0. The van der Waals surface area contributed by atoms with Crippen LogP contribution in [0.15, 0.2) is 24.3 Å². The first kappa shape index (κ1) is 9.79. The van der Waals surface area contributed by atoms with E-state index in [1.807, 2.05) is 24.3 Å². The third kappa shape index (κ3) is 1.87. The Morgan fingerprint density at radius 1 is 1.47 bits per heavy atom. The molecule has 0 N–H and O–H groups in total. The highest BCUT2D eigenvalue weighted by atomic mass is 16.5. The van der Waals surface area contributed by atoms with Crippen molar-refractivity contribution in [1.29, 1.82) is 0 Å². The third-order valence-corrected chi connectivity index (χ3v) is 2.80. The van der Waals surface area contributed by atoms with E-state index in [0.717, 1.165) is 12.0 Å². The van der Waals surface area contributed by atoms with Crippen molar-refractivity contribution in [1.82, 2.24) is 0 Å². The van der Waals surface area contributed by atoms with Crippen LogP contribution in [0.25, 0.3) is 0 Å². The van der Waals surface area contributed by atoms with Gasteiger partial charge in [0.15, 0.2) is 0 Å². The summed E-state index contributed by atoms with van der Waals surface area (Å²) in [5, 5.41) is 0. The molecule has 2 rings (SSSR count). The minimum Gasteiger partial charge on any atom is -0.469 e. The number of carbonyl (C=O) groups is 1. The Morgan fingerprint density at radius 3 is 2.67 bits per heavy atom. The van der Waals surface area contributed by atoms with Crippen LogP contribution in [0.5, 0.6) is 0 Å². The average Bonchev–Trinajstić information content (AvgIpc) is 3.08. The number of ether oxygens (including phenoxy) is 1.